The molecule has 3 rings (SSSR count). The number of amides is 2. The Kier molecular flexibility index (Phi) is 5.82. The second kappa shape index (κ2) is 8.10. The van der Waals surface area contributed by atoms with Gasteiger partial charge in [-0.25, -0.2) is 17.9 Å². The Labute approximate surface area is 160 Å². The molecule has 0 aliphatic heterocycles. The van der Waals surface area contributed by atoms with Crippen molar-refractivity contribution in [2.24, 2.45) is 0 Å². The van der Waals surface area contributed by atoms with Crippen molar-refractivity contribution in [2.45, 2.75) is 36.1 Å². The predicted octanol–water partition coefficient (Wildman–Crippen LogP) is 2.52. The Hall–Kier alpha value is -2.38. The molecule has 2 amide bonds. The molecule has 0 atom stereocenters. The minimum Gasteiger partial charge on any atom is -0.337 e. The maximum atomic E-state index is 12.2. The number of urea groups is 1. The molecule has 2 aromatic rings. The molecule has 27 heavy (non-hydrogen) atoms. The third-order valence-electron chi connectivity index (χ3n) is 5.21. The molecule has 0 radical (unpaired) electrons. The van der Waals surface area contributed by atoms with E-state index in [2.05, 4.69) is 27.5 Å². The smallest absolute Gasteiger partial charge is 0.315 e. The van der Waals surface area contributed by atoms with E-state index in [4.69, 9.17) is 0 Å². The fourth-order valence-corrected chi connectivity index (χ4v) is 4.20. The summed E-state index contributed by atoms with van der Waals surface area (Å²) in [6, 6.07) is 16.6. The number of rotatable bonds is 7. The topological polar surface area (TPSA) is 87.3 Å². The summed E-state index contributed by atoms with van der Waals surface area (Å²) in [6.45, 7) is 0.855. The van der Waals surface area contributed by atoms with Crippen molar-refractivity contribution in [3.8, 4) is 0 Å². The van der Waals surface area contributed by atoms with Gasteiger partial charge in [0.2, 0.25) is 10.0 Å². The molecule has 1 aliphatic carbocycles. The van der Waals surface area contributed by atoms with E-state index in [1.165, 1.54) is 25.1 Å². The zero-order valence-corrected chi connectivity index (χ0v) is 16.2. The van der Waals surface area contributed by atoms with Gasteiger partial charge >= 0.3 is 6.03 Å². The molecule has 0 aromatic heterocycles. The summed E-state index contributed by atoms with van der Waals surface area (Å²) in [6.07, 6.45) is 3.31. The quantitative estimate of drug-likeness (QED) is 0.682. The lowest BCUT2D eigenvalue weighted by molar-refractivity contribution is 0.214. The lowest BCUT2D eigenvalue weighted by Gasteiger charge is -2.42. The second-order valence-corrected chi connectivity index (χ2v) is 8.78. The first-order chi connectivity index (χ1) is 13.0. The first-order valence-electron chi connectivity index (χ1n) is 9.05. The van der Waals surface area contributed by atoms with Crippen LogP contribution in [0.4, 0.5) is 4.79 Å². The van der Waals surface area contributed by atoms with Gasteiger partial charge < -0.3 is 10.6 Å². The molecule has 1 saturated carbocycles. The van der Waals surface area contributed by atoms with E-state index in [1.807, 2.05) is 18.2 Å². The van der Waals surface area contributed by atoms with Crippen molar-refractivity contribution in [1.82, 2.24) is 15.4 Å². The van der Waals surface area contributed by atoms with Gasteiger partial charge in [0.25, 0.3) is 0 Å². The number of nitrogens with one attached hydrogen (secondary N) is 3. The molecular weight excluding hydrogens is 362 g/mol. The Morgan fingerprint density at radius 3 is 2.41 bits per heavy atom. The molecule has 6 nitrogen and oxygen atoms in total. The van der Waals surface area contributed by atoms with E-state index in [0.29, 0.717) is 6.54 Å². The first kappa shape index (κ1) is 19.4. The van der Waals surface area contributed by atoms with Crippen molar-refractivity contribution in [2.75, 3.05) is 13.6 Å². The summed E-state index contributed by atoms with van der Waals surface area (Å²) in [5.41, 5.74) is 2.02. The first-order valence-corrected chi connectivity index (χ1v) is 10.5. The second-order valence-electron chi connectivity index (χ2n) is 6.89. The van der Waals surface area contributed by atoms with Crippen molar-refractivity contribution in [3.05, 3.63) is 65.7 Å². The van der Waals surface area contributed by atoms with Crippen LogP contribution in [0.25, 0.3) is 0 Å². The van der Waals surface area contributed by atoms with Gasteiger partial charge in [-0.3, -0.25) is 0 Å². The van der Waals surface area contributed by atoms with Crippen LogP contribution in [0.2, 0.25) is 0 Å². The molecule has 0 unspecified atom stereocenters. The number of carbonyl (C=O) groups excluding carboxylic acids is 1. The van der Waals surface area contributed by atoms with Gasteiger partial charge in [-0.1, -0.05) is 48.9 Å². The molecule has 144 valence electrons. The molecule has 0 heterocycles. The number of carbonyl (C=O) groups is 1. The summed E-state index contributed by atoms with van der Waals surface area (Å²) in [5, 5.41) is 5.77. The van der Waals surface area contributed by atoms with E-state index in [9.17, 15) is 13.2 Å². The van der Waals surface area contributed by atoms with Crippen LogP contribution < -0.4 is 15.4 Å². The number of benzene rings is 2. The fraction of sp³-hybridized carbons (Fsp3) is 0.350. The number of hydrogen-bond donors (Lipinski definition) is 3. The maximum absolute atomic E-state index is 12.2. The average Bonchev–Trinajstić information content (AvgIpc) is 2.66. The van der Waals surface area contributed by atoms with Crippen LogP contribution in [0, 0.1) is 0 Å². The largest absolute Gasteiger partial charge is 0.337 e. The summed E-state index contributed by atoms with van der Waals surface area (Å²) < 4.78 is 26.0. The van der Waals surface area contributed by atoms with E-state index < -0.39 is 10.0 Å². The molecule has 1 aliphatic rings. The van der Waals surface area contributed by atoms with Crippen molar-refractivity contribution < 1.29 is 13.2 Å². The van der Waals surface area contributed by atoms with E-state index in [-0.39, 0.29) is 22.9 Å². The molecule has 0 spiro atoms. The Bertz CT molecular complexity index is 894. The maximum Gasteiger partial charge on any atom is 0.315 e. The van der Waals surface area contributed by atoms with Gasteiger partial charge in [-0.2, -0.15) is 0 Å². The van der Waals surface area contributed by atoms with Crippen LogP contribution in [-0.4, -0.2) is 28.0 Å². The fourth-order valence-electron chi connectivity index (χ4n) is 3.40. The van der Waals surface area contributed by atoms with Gasteiger partial charge in [0.15, 0.2) is 0 Å². The van der Waals surface area contributed by atoms with Crippen LogP contribution in [0.1, 0.15) is 30.4 Å². The van der Waals surface area contributed by atoms with Gasteiger partial charge in [0.05, 0.1) is 4.90 Å². The van der Waals surface area contributed by atoms with Crippen molar-refractivity contribution in [1.29, 1.82) is 0 Å². The Morgan fingerprint density at radius 1 is 1.04 bits per heavy atom. The molecule has 7 heteroatoms. The molecule has 2 aromatic carbocycles. The van der Waals surface area contributed by atoms with Gasteiger partial charge in [0.1, 0.15) is 0 Å². The summed E-state index contributed by atoms with van der Waals surface area (Å²) in [7, 11) is -2.12. The van der Waals surface area contributed by atoms with Crippen LogP contribution >= 0.6 is 0 Å². The number of sulfonamides is 1. The predicted molar refractivity (Wildman–Crippen MR) is 105 cm³/mol. The van der Waals surface area contributed by atoms with Crippen LogP contribution in [0.15, 0.2) is 59.5 Å². The minimum absolute atomic E-state index is 0.0272. The third kappa shape index (κ3) is 4.48. The molecule has 3 N–H and O–H groups in total. The van der Waals surface area contributed by atoms with Crippen LogP contribution in [0.5, 0.6) is 0 Å². The van der Waals surface area contributed by atoms with Crippen molar-refractivity contribution in [3.63, 3.8) is 0 Å². The van der Waals surface area contributed by atoms with Gasteiger partial charge in [-0.05, 0) is 43.1 Å². The van der Waals surface area contributed by atoms with E-state index in [0.717, 1.165) is 18.4 Å². The standard InChI is InChI=1S/C20H25N3O3S/c1-21-27(25,26)18-10-5-7-16(13-18)14-22-19(24)23-15-20(11-6-12-20)17-8-3-2-4-9-17/h2-5,7-10,13,21H,6,11-12,14-15H2,1H3,(H2,22,23,24). The molecule has 1 fully saturated rings. The highest BCUT2D eigenvalue weighted by molar-refractivity contribution is 7.89. The highest BCUT2D eigenvalue weighted by Gasteiger charge is 2.38. The monoisotopic (exact) mass is 387 g/mol. The lowest BCUT2D eigenvalue weighted by atomic mass is 9.64. The molecule has 0 bridgehead atoms. The third-order valence-corrected chi connectivity index (χ3v) is 6.63. The lowest BCUT2D eigenvalue weighted by Crippen LogP contribution is -2.48. The minimum atomic E-state index is -3.49. The molecular formula is C20H25N3O3S. The summed E-state index contributed by atoms with van der Waals surface area (Å²) >= 11 is 0. The summed E-state index contributed by atoms with van der Waals surface area (Å²) in [5.74, 6) is 0. The Balaban J connectivity index is 1.55. The van der Waals surface area contributed by atoms with E-state index >= 15 is 0 Å². The average molecular weight is 388 g/mol. The summed E-state index contributed by atoms with van der Waals surface area (Å²) in [4.78, 5) is 12.4. The van der Waals surface area contributed by atoms with E-state index in [1.54, 1.807) is 18.2 Å². The normalized spacial score (nSPS) is 15.6. The highest BCUT2D eigenvalue weighted by atomic mass is 32.2. The van der Waals surface area contributed by atoms with Gasteiger partial charge in [-0.15, -0.1) is 0 Å². The zero-order chi connectivity index (χ0) is 19.3. The number of hydrogen-bond acceptors (Lipinski definition) is 3. The zero-order valence-electron chi connectivity index (χ0n) is 15.4. The van der Waals surface area contributed by atoms with Crippen LogP contribution in [-0.2, 0) is 22.0 Å². The SMILES string of the molecule is CNS(=O)(=O)c1cccc(CNC(=O)NCC2(c3ccccc3)CCC2)c1. The molecule has 0 saturated heterocycles. The van der Waals surface area contributed by atoms with Crippen molar-refractivity contribution >= 4 is 16.1 Å². The Morgan fingerprint density at radius 2 is 1.78 bits per heavy atom. The van der Waals surface area contributed by atoms with Crippen LogP contribution in [0.3, 0.4) is 0 Å². The van der Waals surface area contributed by atoms with Gasteiger partial charge in [0, 0.05) is 18.5 Å². The highest BCUT2D eigenvalue weighted by Crippen LogP contribution is 2.43.